The summed E-state index contributed by atoms with van der Waals surface area (Å²) in [7, 11) is 0. The molecule has 4 rings (SSSR count). The molecule has 3 aromatic heterocycles. The van der Waals surface area contributed by atoms with E-state index in [1.807, 2.05) is 20.8 Å². The largest absolute Gasteiger partial charge is 0.438 e. The summed E-state index contributed by atoms with van der Waals surface area (Å²) in [5.41, 5.74) is 0.916. The minimum atomic E-state index is -0.449. The van der Waals surface area contributed by atoms with Gasteiger partial charge in [-0.2, -0.15) is 5.10 Å². The standard InChI is InChI=1S/C19H19N7O3/c1-19(2,3)14-8-15(26-29-14)24-18(27)23-11-5-4-6-12(7-11)28-17-13-9-22-25-16(13)20-10-21-17/h4-10H,1-3H3,(H,20,21,22,25)(H2,23,24,26,27). The van der Waals surface area contributed by atoms with Crippen LogP contribution in [-0.2, 0) is 5.41 Å². The minimum Gasteiger partial charge on any atom is -0.438 e. The molecule has 0 aliphatic heterocycles. The highest BCUT2D eigenvalue weighted by molar-refractivity contribution is 5.99. The average molecular weight is 393 g/mol. The molecular weight excluding hydrogens is 374 g/mol. The molecule has 3 heterocycles. The van der Waals surface area contributed by atoms with Gasteiger partial charge in [-0.25, -0.2) is 14.8 Å². The van der Waals surface area contributed by atoms with Gasteiger partial charge in [-0.3, -0.25) is 10.4 Å². The Balaban J connectivity index is 1.44. The third kappa shape index (κ3) is 4.15. The first-order valence-electron chi connectivity index (χ1n) is 8.86. The summed E-state index contributed by atoms with van der Waals surface area (Å²) in [6.07, 6.45) is 2.97. The molecule has 0 fully saturated rings. The Hall–Kier alpha value is -3.95. The number of H-pyrrole nitrogens is 1. The molecule has 0 aliphatic rings. The van der Waals surface area contributed by atoms with Gasteiger partial charge in [-0.15, -0.1) is 0 Å². The maximum Gasteiger partial charge on any atom is 0.324 e. The number of benzene rings is 1. The van der Waals surface area contributed by atoms with Crippen molar-refractivity contribution in [2.75, 3.05) is 10.6 Å². The molecule has 0 saturated carbocycles. The number of nitrogens with one attached hydrogen (secondary N) is 3. The predicted molar refractivity (Wildman–Crippen MR) is 106 cm³/mol. The van der Waals surface area contributed by atoms with E-state index in [4.69, 9.17) is 9.26 Å². The fourth-order valence-electron chi connectivity index (χ4n) is 2.54. The number of carbonyl (C=O) groups excluding carboxylic acids is 1. The van der Waals surface area contributed by atoms with Crippen LogP contribution in [0.15, 0.2) is 47.4 Å². The summed E-state index contributed by atoms with van der Waals surface area (Å²) >= 11 is 0. The second kappa shape index (κ2) is 7.23. The normalized spacial score (nSPS) is 11.4. The molecule has 0 aliphatic carbocycles. The molecule has 1 aromatic carbocycles. The lowest BCUT2D eigenvalue weighted by Gasteiger charge is -2.12. The van der Waals surface area contributed by atoms with Crippen molar-refractivity contribution >= 4 is 28.6 Å². The van der Waals surface area contributed by atoms with E-state index in [2.05, 4.69) is 36.0 Å². The molecule has 2 amide bonds. The highest BCUT2D eigenvalue weighted by Gasteiger charge is 2.20. The molecule has 148 valence electrons. The van der Waals surface area contributed by atoms with Crippen LogP contribution in [0.5, 0.6) is 11.6 Å². The Labute approximate surface area is 165 Å². The van der Waals surface area contributed by atoms with Crippen LogP contribution >= 0.6 is 0 Å². The summed E-state index contributed by atoms with van der Waals surface area (Å²) < 4.78 is 11.1. The molecule has 29 heavy (non-hydrogen) atoms. The fraction of sp³-hybridized carbons (Fsp3) is 0.211. The number of amides is 2. The van der Waals surface area contributed by atoms with Gasteiger partial charge >= 0.3 is 6.03 Å². The second-order valence-electron chi connectivity index (χ2n) is 7.35. The number of fused-ring (bicyclic) bond motifs is 1. The molecular formula is C19H19N7O3. The monoisotopic (exact) mass is 393 g/mol. The molecule has 0 bridgehead atoms. The van der Waals surface area contributed by atoms with Gasteiger partial charge in [0.15, 0.2) is 11.5 Å². The van der Waals surface area contributed by atoms with Gasteiger partial charge in [0.1, 0.15) is 23.2 Å². The average Bonchev–Trinajstić information content (AvgIpc) is 3.31. The van der Waals surface area contributed by atoms with Crippen LogP contribution in [0.25, 0.3) is 11.0 Å². The highest BCUT2D eigenvalue weighted by Crippen LogP contribution is 2.27. The van der Waals surface area contributed by atoms with Crippen molar-refractivity contribution in [1.82, 2.24) is 25.3 Å². The van der Waals surface area contributed by atoms with Gasteiger partial charge in [-0.05, 0) is 12.1 Å². The first-order chi connectivity index (χ1) is 13.9. The highest BCUT2D eigenvalue weighted by atomic mass is 16.5. The maximum atomic E-state index is 12.3. The molecule has 0 spiro atoms. The van der Waals surface area contributed by atoms with Crippen molar-refractivity contribution in [2.24, 2.45) is 0 Å². The Morgan fingerprint density at radius 1 is 1.17 bits per heavy atom. The number of ether oxygens (including phenoxy) is 1. The fourth-order valence-corrected chi connectivity index (χ4v) is 2.54. The Morgan fingerprint density at radius 2 is 2.03 bits per heavy atom. The zero-order valence-electron chi connectivity index (χ0n) is 16.1. The van der Waals surface area contributed by atoms with Crippen LogP contribution in [0.2, 0.25) is 0 Å². The predicted octanol–water partition coefficient (Wildman–Crippen LogP) is 4.07. The van der Waals surface area contributed by atoms with Crippen molar-refractivity contribution in [3.8, 4) is 11.6 Å². The third-order valence-corrected chi connectivity index (χ3v) is 4.01. The topological polar surface area (TPSA) is 131 Å². The molecule has 0 radical (unpaired) electrons. The molecule has 4 aromatic rings. The van der Waals surface area contributed by atoms with E-state index in [0.29, 0.717) is 39.9 Å². The number of aromatic amines is 1. The smallest absolute Gasteiger partial charge is 0.324 e. The zero-order valence-corrected chi connectivity index (χ0v) is 16.1. The van der Waals surface area contributed by atoms with E-state index in [-0.39, 0.29) is 5.41 Å². The summed E-state index contributed by atoms with van der Waals surface area (Å²) in [4.78, 5) is 20.5. The number of carbonyl (C=O) groups is 1. The van der Waals surface area contributed by atoms with Crippen molar-refractivity contribution in [1.29, 1.82) is 0 Å². The number of hydrogen-bond acceptors (Lipinski definition) is 7. The third-order valence-electron chi connectivity index (χ3n) is 4.01. The van der Waals surface area contributed by atoms with Gasteiger partial charge in [0.05, 0.1) is 6.20 Å². The molecule has 0 saturated heterocycles. The first kappa shape index (κ1) is 18.4. The van der Waals surface area contributed by atoms with E-state index in [1.54, 1.807) is 36.5 Å². The minimum absolute atomic E-state index is 0.198. The molecule has 3 N–H and O–H groups in total. The molecule has 0 unspecified atom stereocenters. The van der Waals surface area contributed by atoms with Gasteiger partial charge in [-0.1, -0.05) is 32.0 Å². The number of rotatable bonds is 4. The first-order valence-corrected chi connectivity index (χ1v) is 8.86. The number of anilines is 2. The summed E-state index contributed by atoms with van der Waals surface area (Å²) in [6.45, 7) is 5.99. The number of aromatic nitrogens is 5. The van der Waals surface area contributed by atoms with Gasteiger partial charge in [0.2, 0.25) is 5.88 Å². The van der Waals surface area contributed by atoms with Gasteiger partial charge in [0.25, 0.3) is 0 Å². The summed E-state index contributed by atoms with van der Waals surface area (Å²) in [5, 5.41) is 16.6. The van der Waals surface area contributed by atoms with E-state index >= 15 is 0 Å². The molecule has 10 heteroatoms. The van der Waals surface area contributed by atoms with Crippen LogP contribution in [-0.4, -0.2) is 31.4 Å². The quantitative estimate of drug-likeness (QED) is 0.476. The SMILES string of the molecule is CC(C)(C)c1cc(NC(=O)Nc2cccc(Oc3ncnc4[nH]ncc34)c2)no1. The maximum absolute atomic E-state index is 12.3. The van der Waals surface area contributed by atoms with Crippen LogP contribution in [0.3, 0.4) is 0 Å². The van der Waals surface area contributed by atoms with Crippen LogP contribution in [0, 0.1) is 0 Å². The van der Waals surface area contributed by atoms with Crippen LogP contribution in [0.4, 0.5) is 16.3 Å². The van der Waals surface area contributed by atoms with Gasteiger partial charge < -0.3 is 14.6 Å². The Kier molecular flexibility index (Phi) is 4.59. The lowest BCUT2D eigenvalue weighted by Crippen LogP contribution is -2.19. The van der Waals surface area contributed by atoms with Crippen molar-refractivity contribution in [3.63, 3.8) is 0 Å². The Morgan fingerprint density at radius 3 is 2.83 bits per heavy atom. The lowest BCUT2D eigenvalue weighted by molar-refractivity contribution is 0.262. The van der Waals surface area contributed by atoms with E-state index in [1.165, 1.54) is 6.33 Å². The number of nitrogens with zero attached hydrogens (tertiary/aromatic N) is 4. The number of urea groups is 1. The van der Waals surface area contributed by atoms with E-state index in [0.717, 1.165) is 0 Å². The van der Waals surface area contributed by atoms with Gasteiger partial charge in [0, 0.05) is 23.2 Å². The second-order valence-corrected chi connectivity index (χ2v) is 7.35. The van der Waals surface area contributed by atoms with Crippen molar-refractivity contribution in [3.05, 3.63) is 48.6 Å². The summed E-state index contributed by atoms with van der Waals surface area (Å²) in [5.74, 6) is 1.88. The molecule has 10 nitrogen and oxygen atoms in total. The number of hydrogen-bond donors (Lipinski definition) is 3. The summed E-state index contributed by atoms with van der Waals surface area (Å²) in [6, 6.07) is 8.18. The van der Waals surface area contributed by atoms with Crippen molar-refractivity contribution in [2.45, 2.75) is 26.2 Å². The van der Waals surface area contributed by atoms with Crippen LogP contribution < -0.4 is 15.4 Å². The van der Waals surface area contributed by atoms with E-state index < -0.39 is 6.03 Å². The van der Waals surface area contributed by atoms with E-state index in [9.17, 15) is 4.79 Å². The van der Waals surface area contributed by atoms with Crippen LogP contribution in [0.1, 0.15) is 26.5 Å². The van der Waals surface area contributed by atoms with Crippen molar-refractivity contribution < 1.29 is 14.1 Å². The lowest BCUT2D eigenvalue weighted by atomic mass is 9.93. The molecule has 0 atom stereocenters. The zero-order chi connectivity index (χ0) is 20.4. The Bertz CT molecular complexity index is 1160.